The lowest BCUT2D eigenvalue weighted by Gasteiger charge is -2.05. The Morgan fingerprint density at radius 2 is 1.72 bits per heavy atom. The van der Waals surface area contributed by atoms with Gasteiger partial charge < -0.3 is 11.5 Å². The Hall–Kier alpha value is -2.49. The molecule has 0 fully saturated rings. The Balaban J connectivity index is 2.32. The van der Waals surface area contributed by atoms with Crippen LogP contribution < -0.4 is 11.5 Å². The van der Waals surface area contributed by atoms with Crippen LogP contribution in [0.1, 0.15) is 0 Å². The highest BCUT2D eigenvalue weighted by molar-refractivity contribution is 6.01. The van der Waals surface area contributed by atoms with E-state index >= 15 is 0 Å². The molecule has 0 saturated heterocycles. The second-order valence-corrected chi connectivity index (χ2v) is 4.33. The normalized spacial score (nSPS) is 10.9. The lowest BCUT2D eigenvalue weighted by Crippen LogP contribution is -1.90. The van der Waals surface area contributed by atoms with E-state index in [4.69, 9.17) is 11.5 Å². The summed E-state index contributed by atoms with van der Waals surface area (Å²) >= 11 is 0. The molecule has 0 spiro atoms. The molecule has 2 aromatic carbocycles. The molecular formula is C14H14N4. The van der Waals surface area contributed by atoms with Crippen LogP contribution in [-0.2, 0) is 7.05 Å². The molecule has 3 rings (SSSR count). The second kappa shape index (κ2) is 3.77. The first-order valence-electron chi connectivity index (χ1n) is 5.74. The fourth-order valence-electron chi connectivity index (χ4n) is 2.25. The van der Waals surface area contributed by atoms with Gasteiger partial charge in [0.05, 0.1) is 10.9 Å². The van der Waals surface area contributed by atoms with Gasteiger partial charge in [0.2, 0.25) is 0 Å². The molecule has 0 aliphatic rings. The molecule has 0 unspecified atom stereocenters. The van der Waals surface area contributed by atoms with Crippen molar-refractivity contribution in [2.45, 2.75) is 0 Å². The molecule has 0 bridgehead atoms. The van der Waals surface area contributed by atoms with Gasteiger partial charge in [0.15, 0.2) is 5.82 Å². The first-order valence-corrected chi connectivity index (χ1v) is 5.74. The van der Waals surface area contributed by atoms with Gasteiger partial charge in [0.1, 0.15) is 0 Å². The zero-order valence-corrected chi connectivity index (χ0v) is 10.1. The summed E-state index contributed by atoms with van der Waals surface area (Å²) in [5.74, 6) is 0.555. The van der Waals surface area contributed by atoms with Gasteiger partial charge in [-0.05, 0) is 29.3 Å². The number of nitrogens with zero attached hydrogens (tertiary/aromatic N) is 2. The van der Waals surface area contributed by atoms with Crippen molar-refractivity contribution in [1.29, 1.82) is 0 Å². The standard InChI is InChI=1S/C14H14N4/c1-18-12-4-2-3-11(13(12)14(16)17-18)9-5-7-10(15)8-6-9/h2-8H,15H2,1H3,(H2,16,17). The first kappa shape index (κ1) is 10.7. The van der Waals surface area contributed by atoms with E-state index in [0.717, 1.165) is 27.7 Å². The first-order chi connectivity index (χ1) is 8.66. The van der Waals surface area contributed by atoms with Gasteiger partial charge in [0, 0.05) is 12.7 Å². The van der Waals surface area contributed by atoms with Crippen LogP contribution in [0.4, 0.5) is 11.5 Å². The molecule has 0 atom stereocenters. The molecule has 0 aliphatic carbocycles. The predicted molar refractivity (Wildman–Crippen MR) is 75.0 cm³/mol. The molecule has 1 heterocycles. The second-order valence-electron chi connectivity index (χ2n) is 4.33. The summed E-state index contributed by atoms with van der Waals surface area (Å²) in [7, 11) is 1.89. The number of aromatic nitrogens is 2. The van der Waals surface area contributed by atoms with E-state index in [1.54, 1.807) is 4.68 Å². The van der Waals surface area contributed by atoms with E-state index < -0.39 is 0 Å². The van der Waals surface area contributed by atoms with Gasteiger partial charge in [-0.3, -0.25) is 4.68 Å². The highest BCUT2D eigenvalue weighted by Gasteiger charge is 2.11. The summed E-state index contributed by atoms with van der Waals surface area (Å²) in [5, 5.41) is 5.25. The fraction of sp³-hybridized carbons (Fsp3) is 0.0714. The van der Waals surface area contributed by atoms with Crippen molar-refractivity contribution < 1.29 is 0 Å². The molecule has 4 heteroatoms. The largest absolute Gasteiger partial charge is 0.399 e. The highest BCUT2D eigenvalue weighted by atomic mass is 15.3. The van der Waals surface area contributed by atoms with E-state index in [9.17, 15) is 0 Å². The summed E-state index contributed by atoms with van der Waals surface area (Å²) in [6.07, 6.45) is 0. The van der Waals surface area contributed by atoms with E-state index in [1.165, 1.54) is 0 Å². The van der Waals surface area contributed by atoms with Crippen LogP contribution in [0.2, 0.25) is 0 Å². The lowest BCUT2D eigenvalue weighted by molar-refractivity contribution is 0.802. The van der Waals surface area contributed by atoms with Crippen LogP contribution in [0.25, 0.3) is 22.0 Å². The molecule has 0 saturated carbocycles. The number of aryl methyl sites for hydroxylation is 1. The Morgan fingerprint density at radius 1 is 1.00 bits per heavy atom. The number of anilines is 2. The maximum Gasteiger partial charge on any atom is 0.154 e. The maximum absolute atomic E-state index is 5.99. The minimum atomic E-state index is 0.555. The number of hydrogen-bond acceptors (Lipinski definition) is 3. The van der Waals surface area contributed by atoms with Crippen molar-refractivity contribution in [3.8, 4) is 11.1 Å². The van der Waals surface area contributed by atoms with E-state index in [1.807, 2.05) is 49.5 Å². The SMILES string of the molecule is Cn1nc(N)c2c(-c3ccc(N)cc3)cccc21. The third-order valence-electron chi connectivity index (χ3n) is 3.13. The summed E-state index contributed by atoms with van der Waals surface area (Å²) < 4.78 is 1.80. The van der Waals surface area contributed by atoms with Gasteiger partial charge >= 0.3 is 0 Å². The van der Waals surface area contributed by atoms with Gasteiger partial charge in [-0.1, -0.05) is 24.3 Å². The summed E-state index contributed by atoms with van der Waals surface area (Å²) in [6.45, 7) is 0. The maximum atomic E-state index is 5.99. The van der Waals surface area contributed by atoms with Crippen molar-refractivity contribution in [2.75, 3.05) is 11.5 Å². The molecule has 0 aliphatic heterocycles. The molecule has 90 valence electrons. The highest BCUT2D eigenvalue weighted by Crippen LogP contribution is 2.32. The van der Waals surface area contributed by atoms with Gasteiger partial charge in [-0.2, -0.15) is 5.10 Å². The van der Waals surface area contributed by atoms with E-state index in [0.29, 0.717) is 5.82 Å². The molecule has 4 N–H and O–H groups in total. The average molecular weight is 238 g/mol. The van der Waals surface area contributed by atoms with Crippen molar-refractivity contribution in [2.24, 2.45) is 7.05 Å². The Labute approximate surface area is 105 Å². The Kier molecular flexibility index (Phi) is 2.23. The minimum absolute atomic E-state index is 0.555. The van der Waals surface area contributed by atoms with Crippen LogP contribution in [0.3, 0.4) is 0 Å². The quantitative estimate of drug-likeness (QED) is 0.639. The van der Waals surface area contributed by atoms with Crippen LogP contribution in [0, 0.1) is 0 Å². The summed E-state index contributed by atoms with van der Waals surface area (Å²) in [4.78, 5) is 0. The number of fused-ring (bicyclic) bond motifs is 1. The molecular weight excluding hydrogens is 224 g/mol. The Morgan fingerprint density at radius 3 is 2.44 bits per heavy atom. The average Bonchev–Trinajstić information content (AvgIpc) is 2.66. The predicted octanol–water partition coefficient (Wildman–Crippen LogP) is 2.40. The van der Waals surface area contributed by atoms with E-state index in [-0.39, 0.29) is 0 Å². The molecule has 18 heavy (non-hydrogen) atoms. The number of benzene rings is 2. The van der Waals surface area contributed by atoms with Gasteiger partial charge in [0.25, 0.3) is 0 Å². The lowest BCUT2D eigenvalue weighted by atomic mass is 10.0. The van der Waals surface area contributed by atoms with Gasteiger partial charge in [-0.15, -0.1) is 0 Å². The molecule has 4 nitrogen and oxygen atoms in total. The number of nitrogen functional groups attached to an aromatic ring is 2. The van der Waals surface area contributed by atoms with Crippen molar-refractivity contribution in [3.63, 3.8) is 0 Å². The minimum Gasteiger partial charge on any atom is -0.399 e. The van der Waals surface area contributed by atoms with Gasteiger partial charge in [-0.25, -0.2) is 0 Å². The van der Waals surface area contributed by atoms with Crippen molar-refractivity contribution in [1.82, 2.24) is 9.78 Å². The monoisotopic (exact) mass is 238 g/mol. The zero-order valence-electron chi connectivity index (χ0n) is 10.1. The van der Waals surface area contributed by atoms with Crippen molar-refractivity contribution >= 4 is 22.4 Å². The Bertz CT molecular complexity index is 710. The van der Waals surface area contributed by atoms with Crippen LogP contribution in [-0.4, -0.2) is 9.78 Å². The van der Waals surface area contributed by atoms with E-state index in [2.05, 4.69) is 5.10 Å². The number of nitrogens with two attached hydrogens (primary N) is 2. The topological polar surface area (TPSA) is 69.9 Å². The summed E-state index contributed by atoms with van der Waals surface area (Å²) in [5.41, 5.74) is 15.7. The summed E-state index contributed by atoms with van der Waals surface area (Å²) in [6, 6.07) is 13.8. The zero-order chi connectivity index (χ0) is 12.7. The smallest absolute Gasteiger partial charge is 0.154 e. The van der Waals surface area contributed by atoms with Crippen molar-refractivity contribution in [3.05, 3.63) is 42.5 Å². The third-order valence-corrected chi connectivity index (χ3v) is 3.13. The molecule has 1 aromatic heterocycles. The third kappa shape index (κ3) is 1.50. The number of hydrogen-bond donors (Lipinski definition) is 2. The van der Waals surface area contributed by atoms with Crippen LogP contribution >= 0.6 is 0 Å². The van der Waals surface area contributed by atoms with Crippen LogP contribution in [0.15, 0.2) is 42.5 Å². The molecule has 0 amide bonds. The fourth-order valence-corrected chi connectivity index (χ4v) is 2.25. The molecule has 3 aromatic rings. The molecule has 0 radical (unpaired) electrons. The van der Waals surface area contributed by atoms with Crippen LogP contribution in [0.5, 0.6) is 0 Å². The number of rotatable bonds is 1.